The minimum absolute atomic E-state index is 0.0488. The van der Waals surface area contributed by atoms with Gasteiger partial charge in [0.15, 0.2) is 0 Å². The molecule has 2 atom stereocenters. The van der Waals surface area contributed by atoms with Crippen molar-refractivity contribution in [2.45, 2.75) is 31.9 Å². The van der Waals surface area contributed by atoms with Crippen LogP contribution in [-0.2, 0) is 11.2 Å². The first-order valence-electron chi connectivity index (χ1n) is 7.47. The number of aliphatic hydroxyl groups excluding tert-OH is 1. The predicted molar refractivity (Wildman–Crippen MR) is 84.9 cm³/mol. The molecule has 4 N–H and O–H groups in total. The molecule has 0 aliphatic carbocycles. The highest BCUT2D eigenvalue weighted by Gasteiger charge is 2.19. The van der Waals surface area contributed by atoms with Crippen LogP contribution in [0, 0.1) is 0 Å². The SMILES string of the molecule is CCCN(CC(=O)NC)CC(O)C(N)Cc1ccccc1. The molecule has 0 radical (unpaired) electrons. The highest BCUT2D eigenvalue weighted by Crippen LogP contribution is 2.06. The second-order valence-corrected chi connectivity index (χ2v) is 5.33. The van der Waals surface area contributed by atoms with Crippen molar-refractivity contribution in [2.75, 3.05) is 26.7 Å². The molecule has 2 unspecified atom stereocenters. The number of nitrogens with zero attached hydrogens (tertiary/aromatic N) is 1. The van der Waals surface area contributed by atoms with Crippen LogP contribution >= 0.6 is 0 Å². The largest absolute Gasteiger partial charge is 0.390 e. The van der Waals surface area contributed by atoms with E-state index in [1.54, 1.807) is 7.05 Å². The maximum atomic E-state index is 11.5. The Hall–Kier alpha value is -1.43. The number of carbonyl (C=O) groups excluding carboxylic acids is 1. The maximum Gasteiger partial charge on any atom is 0.233 e. The highest BCUT2D eigenvalue weighted by molar-refractivity contribution is 5.77. The summed E-state index contributed by atoms with van der Waals surface area (Å²) in [6.45, 7) is 3.52. The molecule has 0 aromatic heterocycles. The molecule has 5 heteroatoms. The van der Waals surface area contributed by atoms with Gasteiger partial charge in [0, 0.05) is 19.6 Å². The van der Waals surface area contributed by atoms with Crippen LogP contribution in [0.5, 0.6) is 0 Å². The summed E-state index contributed by atoms with van der Waals surface area (Å²) >= 11 is 0. The van der Waals surface area contributed by atoms with Crippen molar-refractivity contribution < 1.29 is 9.90 Å². The van der Waals surface area contributed by atoms with Crippen LogP contribution < -0.4 is 11.1 Å². The first-order chi connectivity index (χ1) is 10.1. The molecule has 0 aliphatic heterocycles. The quantitative estimate of drug-likeness (QED) is 0.615. The van der Waals surface area contributed by atoms with Crippen LogP contribution in [0.4, 0.5) is 0 Å². The maximum absolute atomic E-state index is 11.5. The lowest BCUT2D eigenvalue weighted by molar-refractivity contribution is -0.122. The number of likely N-dealkylation sites (N-methyl/N-ethyl adjacent to an activating group) is 1. The van der Waals surface area contributed by atoms with Gasteiger partial charge in [0.05, 0.1) is 12.6 Å². The van der Waals surface area contributed by atoms with Gasteiger partial charge in [-0.2, -0.15) is 0 Å². The molecule has 21 heavy (non-hydrogen) atoms. The van der Waals surface area contributed by atoms with Crippen molar-refractivity contribution >= 4 is 5.91 Å². The van der Waals surface area contributed by atoms with Gasteiger partial charge in [0.25, 0.3) is 0 Å². The minimum atomic E-state index is -0.651. The van der Waals surface area contributed by atoms with Gasteiger partial charge in [-0.1, -0.05) is 37.3 Å². The number of carbonyl (C=O) groups is 1. The third-order valence-corrected chi connectivity index (χ3v) is 3.44. The topological polar surface area (TPSA) is 78.6 Å². The summed E-state index contributed by atoms with van der Waals surface area (Å²) in [6.07, 6.45) is 0.904. The van der Waals surface area contributed by atoms with E-state index < -0.39 is 6.10 Å². The monoisotopic (exact) mass is 293 g/mol. The van der Waals surface area contributed by atoms with Crippen LogP contribution in [0.3, 0.4) is 0 Å². The Balaban J connectivity index is 2.51. The van der Waals surface area contributed by atoms with E-state index in [9.17, 15) is 9.90 Å². The van der Waals surface area contributed by atoms with E-state index >= 15 is 0 Å². The van der Waals surface area contributed by atoms with Gasteiger partial charge in [-0.05, 0) is 24.9 Å². The fraction of sp³-hybridized carbons (Fsp3) is 0.562. The van der Waals surface area contributed by atoms with Gasteiger partial charge in [0.2, 0.25) is 5.91 Å². The number of rotatable bonds is 9. The average molecular weight is 293 g/mol. The van der Waals surface area contributed by atoms with Gasteiger partial charge in [-0.25, -0.2) is 0 Å². The van der Waals surface area contributed by atoms with Crippen LogP contribution in [0.15, 0.2) is 30.3 Å². The van der Waals surface area contributed by atoms with Gasteiger partial charge in [-0.15, -0.1) is 0 Å². The molecule has 1 amide bonds. The number of benzene rings is 1. The van der Waals surface area contributed by atoms with Crippen LogP contribution in [-0.4, -0.2) is 54.7 Å². The lowest BCUT2D eigenvalue weighted by atomic mass is 10.0. The minimum Gasteiger partial charge on any atom is -0.390 e. The molecule has 0 bridgehead atoms. The van der Waals surface area contributed by atoms with Crippen molar-refractivity contribution in [1.29, 1.82) is 0 Å². The third-order valence-electron chi connectivity index (χ3n) is 3.44. The Morgan fingerprint density at radius 1 is 1.38 bits per heavy atom. The predicted octanol–water partition coefficient (Wildman–Crippen LogP) is 0.375. The zero-order chi connectivity index (χ0) is 15.7. The molecule has 1 aromatic carbocycles. The fourth-order valence-corrected chi connectivity index (χ4v) is 2.26. The molecular formula is C16H27N3O2. The van der Waals surface area contributed by atoms with E-state index in [2.05, 4.69) is 5.32 Å². The Bertz CT molecular complexity index is 411. The summed E-state index contributed by atoms with van der Waals surface area (Å²) in [7, 11) is 1.62. The van der Waals surface area contributed by atoms with Gasteiger partial charge < -0.3 is 16.2 Å². The van der Waals surface area contributed by atoms with Crippen molar-refractivity contribution in [2.24, 2.45) is 5.73 Å². The molecule has 0 fully saturated rings. The van der Waals surface area contributed by atoms with E-state index in [-0.39, 0.29) is 11.9 Å². The molecule has 1 aromatic rings. The van der Waals surface area contributed by atoms with Crippen molar-refractivity contribution in [3.8, 4) is 0 Å². The summed E-state index contributed by atoms with van der Waals surface area (Å²) in [5.41, 5.74) is 7.19. The number of hydrogen-bond donors (Lipinski definition) is 3. The zero-order valence-corrected chi connectivity index (χ0v) is 13.0. The molecule has 0 saturated heterocycles. The number of hydrogen-bond acceptors (Lipinski definition) is 4. The molecule has 0 heterocycles. The lowest BCUT2D eigenvalue weighted by Gasteiger charge is -2.27. The standard InChI is InChI=1S/C16H27N3O2/c1-3-9-19(12-16(21)18-2)11-15(20)14(17)10-13-7-5-4-6-8-13/h4-8,14-15,20H,3,9-12,17H2,1-2H3,(H,18,21). The Morgan fingerprint density at radius 3 is 2.62 bits per heavy atom. The summed E-state index contributed by atoms with van der Waals surface area (Å²) in [5.74, 6) is -0.0488. The molecule has 5 nitrogen and oxygen atoms in total. The van der Waals surface area contributed by atoms with Crippen molar-refractivity contribution in [3.05, 3.63) is 35.9 Å². The molecule has 0 aliphatic rings. The number of aliphatic hydroxyl groups is 1. The molecule has 0 spiro atoms. The van der Waals surface area contributed by atoms with E-state index in [0.29, 0.717) is 19.5 Å². The van der Waals surface area contributed by atoms with Gasteiger partial charge >= 0.3 is 0 Å². The van der Waals surface area contributed by atoms with Crippen molar-refractivity contribution in [1.82, 2.24) is 10.2 Å². The molecule has 0 saturated carbocycles. The van der Waals surface area contributed by atoms with E-state index in [1.165, 1.54) is 0 Å². The first-order valence-corrected chi connectivity index (χ1v) is 7.47. The van der Waals surface area contributed by atoms with E-state index in [4.69, 9.17) is 5.73 Å². The van der Waals surface area contributed by atoms with E-state index in [0.717, 1.165) is 18.5 Å². The fourth-order valence-electron chi connectivity index (χ4n) is 2.26. The van der Waals surface area contributed by atoms with E-state index in [1.807, 2.05) is 42.2 Å². The smallest absolute Gasteiger partial charge is 0.233 e. The summed E-state index contributed by atoms with van der Waals surface area (Å²) in [4.78, 5) is 13.4. The second kappa shape index (κ2) is 9.50. The van der Waals surface area contributed by atoms with Crippen molar-refractivity contribution in [3.63, 3.8) is 0 Å². The number of nitrogens with one attached hydrogen (secondary N) is 1. The first kappa shape index (κ1) is 17.6. The average Bonchev–Trinajstić information content (AvgIpc) is 2.48. The van der Waals surface area contributed by atoms with Crippen LogP contribution in [0.2, 0.25) is 0 Å². The third kappa shape index (κ3) is 6.71. The normalized spacial score (nSPS) is 14.0. The summed E-state index contributed by atoms with van der Waals surface area (Å²) in [5, 5.41) is 12.9. The van der Waals surface area contributed by atoms with Gasteiger partial charge in [-0.3, -0.25) is 9.69 Å². The lowest BCUT2D eigenvalue weighted by Crippen LogP contribution is -2.47. The summed E-state index contributed by atoms with van der Waals surface area (Å²) < 4.78 is 0. The molecular weight excluding hydrogens is 266 g/mol. The second-order valence-electron chi connectivity index (χ2n) is 5.33. The van der Waals surface area contributed by atoms with Crippen LogP contribution in [0.25, 0.3) is 0 Å². The summed E-state index contributed by atoms with van der Waals surface area (Å²) in [6, 6.07) is 9.54. The Morgan fingerprint density at radius 2 is 2.05 bits per heavy atom. The number of nitrogens with two attached hydrogens (primary N) is 1. The molecule has 118 valence electrons. The van der Waals surface area contributed by atoms with Crippen LogP contribution in [0.1, 0.15) is 18.9 Å². The van der Waals surface area contributed by atoms with Gasteiger partial charge in [0.1, 0.15) is 0 Å². The Labute approximate surface area is 127 Å². The molecule has 1 rings (SSSR count). The number of amides is 1. The highest BCUT2D eigenvalue weighted by atomic mass is 16.3. The zero-order valence-electron chi connectivity index (χ0n) is 13.0. The Kier molecular flexibility index (Phi) is 7.97.